The summed E-state index contributed by atoms with van der Waals surface area (Å²) in [5.41, 5.74) is 2.26. The summed E-state index contributed by atoms with van der Waals surface area (Å²) in [6.45, 7) is 2.09. The van der Waals surface area contributed by atoms with Gasteiger partial charge in [0.1, 0.15) is 6.10 Å². The molecule has 3 aromatic rings. The standard InChI is InChI=1S/C25H24N2O2/c1-17-24(19-10-4-3-5-11-19)27(25(28)26(17)2)23-16-15-22(29-23)21-14-8-12-18-9-6-7-13-20(18)21/h3-17,22-24H,1-2H3/t17-,22+,23-,24-/m0/s1. The van der Waals surface area contributed by atoms with E-state index in [0.29, 0.717) is 0 Å². The van der Waals surface area contributed by atoms with Crippen LogP contribution in [0.5, 0.6) is 0 Å². The Morgan fingerprint density at radius 1 is 0.862 bits per heavy atom. The average Bonchev–Trinajstić information content (AvgIpc) is 3.33. The van der Waals surface area contributed by atoms with E-state index in [0.717, 1.165) is 11.1 Å². The molecule has 2 amide bonds. The van der Waals surface area contributed by atoms with Crippen molar-refractivity contribution in [2.24, 2.45) is 0 Å². The van der Waals surface area contributed by atoms with Crippen LogP contribution in [0.1, 0.15) is 30.2 Å². The van der Waals surface area contributed by atoms with E-state index in [-0.39, 0.29) is 30.4 Å². The molecule has 2 heterocycles. The smallest absolute Gasteiger partial charge is 0.322 e. The molecule has 0 unspecified atom stereocenters. The number of carbonyl (C=O) groups is 1. The van der Waals surface area contributed by atoms with E-state index in [2.05, 4.69) is 55.5 Å². The molecule has 1 saturated heterocycles. The Hall–Kier alpha value is -3.11. The highest BCUT2D eigenvalue weighted by atomic mass is 16.5. The second-order valence-corrected chi connectivity index (χ2v) is 7.80. The molecule has 4 nitrogen and oxygen atoms in total. The topological polar surface area (TPSA) is 32.8 Å². The highest BCUT2D eigenvalue weighted by molar-refractivity contribution is 5.86. The third-order valence-electron chi connectivity index (χ3n) is 6.17. The van der Waals surface area contributed by atoms with Crippen LogP contribution in [0.15, 0.2) is 84.9 Å². The van der Waals surface area contributed by atoms with Gasteiger partial charge in [0, 0.05) is 7.05 Å². The molecule has 0 spiro atoms. The monoisotopic (exact) mass is 384 g/mol. The second-order valence-electron chi connectivity index (χ2n) is 7.80. The molecule has 0 N–H and O–H groups in total. The summed E-state index contributed by atoms with van der Waals surface area (Å²) in [7, 11) is 1.86. The van der Waals surface area contributed by atoms with E-state index in [1.807, 2.05) is 48.4 Å². The number of fused-ring (bicyclic) bond motifs is 1. The summed E-state index contributed by atoms with van der Waals surface area (Å²) in [6.07, 6.45) is 3.54. The lowest BCUT2D eigenvalue weighted by Crippen LogP contribution is -2.39. The van der Waals surface area contributed by atoms with Crippen LogP contribution in [0.4, 0.5) is 4.79 Å². The van der Waals surface area contributed by atoms with Crippen LogP contribution < -0.4 is 0 Å². The van der Waals surface area contributed by atoms with Crippen molar-refractivity contribution >= 4 is 16.8 Å². The Bertz CT molecular complexity index is 1070. The lowest BCUT2D eigenvalue weighted by molar-refractivity contribution is -0.0286. The summed E-state index contributed by atoms with van der Waals surface area (Å²) < 4.78 is 6.43. The number of likely N-dealkylation sites (N-methyl/N-ethyl adjacent to an activating group) is 1. The molecule has 0 aromatic heterocycles. The van der Waals surface area contributed by atoms with Crippen molar-refractivity contribution in [1.29, 1.82) is 0 Å². The van der Waals surface area contributed by atoms with Gasteiger partial charge in [0.15, 0.2) is 6.23 Å². The fraction of sp³-hybridized carbons (Fsp3) is 0.240. The third-order valence-corrected chi connectivity index (χ3v) is 6.17. The molecule has 5 rings (SSSR count). The minimum atomic E-state index is -0.385. The number of carbonyl (C=O) groups excluding carboxylic acids is 1. The second kappa shape index (κ2) is 7.05. The Morgan fingerprint density at radius 3 is 2.41 bits per heavy atom. The molecule has 0 bridgehead atoms. The highest BCUT2D eigenvalue weighted by Crippen LogP contribution is 2.40. The normalized spacial score (nSPS) is 26.6. The van der Waals surface area contributed by atoms with Gasteiger partial charge in [-0.25, -0.2) is 4.79 Å². The first-order valence-corrected chi connectivity index (χ1v) is 10.1. The minimum absolute atomic E-state index is 0.000396. The average molecular weight is 384 g/mol. The molecule has 4 atom stereocenters. The molecule has 0 aliphatic carbocycles. The van der Waals surface area contributed by atoms with Crippen LogP contribution in [0.2, 0.25) is 0 Å². The van der Waals surface area contributed by atoms with Gasteiger partial charge >= 0.3 is 6.03 Å². The van der Waals surface area contributed by atoms with Gasteiger partial charge < -0.3 is 9.64 Å². The van der Waals surface area contributed by atoms with Gasteiger partial charge in [-0.1, -0.05) is 78.9 Å². The molecule has 146 valence electrons. The predicted molar refractivity (Wildman–Crippen MR) is 114 cm³/mol. The lowest BCUT2D eigenvalue weighted by Gasteiger charge is -2.30. The Morgan fingerprint density at radius 2 is 1.59 bits per heavy atom. The summed E-state index contributed by atoms with van der Waals surface area (Å²) in [6, 6.07) is 24.8. The number of benzene rings is 3. The van der Waals surface area contributed by atoms with Crippen LogP contribution in [-0.4, -0.2) is 35.1 Å². The molecule has 2 aliphatic heterocycles. The summed E-state index contributed by atoms with van der Waals surface area (Å²) in [4.78, 5) is 16.8. The Balaban J connectivity index is 1.47. The van der Waals surface area contributed by atoms with E-state index in [1.165, 1.54) is 10.8 Å². The van der Waals surface area contributed by atoms with Crippen LogP contribution >= 0.6 is 0 Å². The fourth-order valence-electron chi connectivity index (χ4n) is 4.55. The Labute approximate surface area is 171 Å². The van der Waals surface area contributed by atoms with Gasteiger partial charge in [-0.05, 0) is 34.9 Å². The van der Waals surface area contributed by atoms with Crippen molar-refractivity contribution in [3.63, 3.8) is 0 Å². The number of ether oxygens (including phenoxy) is 1. The molecular formula is C25H24N2O2. The van der Waals surface area contributed by atoms with Crippen LogP contribution in [-0.2, 0) is 4.74 Å². The molecule has 2 aliphatic rings. The first-order chi connectivity index (χ1) is 14.1. The van der Waals surface area contributed by atoms with Crippen LogP contribution in [0.25, 0.3) is 10.8 Å². The number of urea groups is 1. The Kier molecular flexibility index (Phi) is 4.36. The number of hydrogen-bond acceptors (Lipinski definition) is 2. The minimum Gasteiger partial charge on any atom is -0.342 e. The van der Waals surface area contributed by atoms with Gasteiger partial charge in [0.25, 0.3) is 0 Å². The van der Waals surface area contributed by atoms with Crippen molar-refractivity contribution in [2.45, 2.75) is 31.3 Å². The first-order valence-electron chi connectivity index (χ1n) is 10.1. The molecule has 0 radical (unpaired) electrons. The first kappa shape index (κ1) is 18.0. The molecule has 29 heavy (non-hydrogen) atoms. The van der Waals surface area contributed by atoms with E-state index in [9.17, 15) is 4.79 Å². The fourth-order valence-corrected chi connectivity index (χ4v) is 4.55. The van der Waals surface area contributed by atoms with E-state index < -0.39 is 0 Å². The van der Waals surface area contributed by atoms with Crippen molar-refractivity contribution in [2.75, 3.05) is 7.05 Å². The summed E-state index contributed by atoms with van der Waals surface area (Å²) in [5, 5.41) is 2.38. The number of nitrogens with zero attached hydrogens (tertiary/aromatic N) is 2. The van der Waals surface area contributed by atoms with Crippen molar-refractivity contribution in [3.8, 4) is 0 Å². The number of rotatable bonds is 3. The zero-order chi connectivity index (χ0) is 20.0. The largest absolute Gasteiger partial charge is 0.342 e. The predicted octanol–water partition coefficient (Wildman–Crippen LogP) is 5.29. The maximum atomic E-state index is 13.1. The van der Waals surface area contributed by atoms with Crippen LogP contribution in [0.3, 0.4) is 0 Å². The highest BCUT2D eigenvalue weighted by Gasteiger charge is 2.46. The van der Waals surface area contributed by atoms with Gasteiger partial charge in [0.2, 0.25) is 0 Å². The van der Waals surface area contributed by atoms with Gasteiger partial charge in [-0.2, -0.15) is 0 Å². The maximum absolute atomic E-state index is 13.1. The lowest BCUT2D eigenvalue weighted by atomic mass is 10.0. The molecule has 4 heteroatoms. The molecular weight excluding hydrogens is 360 g/mol. The van der Waals surface area contributed by atoms with E-state index >= 15 is 0 Å². The molecule has 0 saturated carbocycles. The van der Waals surface area contributed by atoms with Gasteiger partial charge in [0.05, 0.1) is 12.1 Å². The van der Waals surface area contributed by atoms with E-state index in [4.69, 9.17) is 4.74 Å². The SMILES string of the molecule is C[C@H]1[C@@H](c2ccccc2)N([C@@H]2C=C[C@H](c3cccc4ccccc34)O2)C(=O)N1C. The van der Waals surface area contributed by atoms with Crippen molar-refractivity contribution in [3.05, 3.63) is 96.1 Å². The van der Waals surface area contributed by atoms with Gasteiger partial charge in [-0.15, -0.1) is 0 Å². The zero-order valence-electron chi connectivity index (χ0n) is 16.6. The maximum Gasteiger partial charge on any atom is 0.322 e. The summed E-state index contributed by atoms with van der Waals surface area (Å²) >= 11 is 0. The quantitative estimate of drug-likeness (QED) is 0.575. The van der Waals surface area contributed by atoms with Crippen LogP contribution in [0, 0.1) is 0 Å². The number of hydrogen-bond donors (Lipinski definition) is 0. The molecule has 1 fully saturated rings. The van der Waals surface area contributed by atoms with Gasteiger partial charge in [-0.3, -0.25) is 4.90 Å². The van der Waals surface area contributed by atoms with E-state index in [1.54, 1.807) is 4.90 Å². The van der Waals surface area contributed by atoms with Crippen molar-refractivity contribution < 1.29 is 9.53 Å². The molecule has 3 aromatic carbocycles. The van der Waals surface area contributed by atoms with Crippen molar-refractivity contribution in [1.82, 2.24) is 9.80 Å². The third kappa shape index (κ3) is 2.91. The zero-order valence-corrected chi connectivity index (χ0v) is 16.6. The number of amides is 2. The summed E-state index contributed by atoms with van der Waals surface area (Å²) in [5.74, 6) is 0.